The Morgan fingerprint density at radius 3 is 2.04 bits per heavy atom. The number of rotatable bonds is 3. The van der Waals surface area contributed by atoms with Gasteiger partial charge in [-0.1, -0.05) is 0 Å². The van der Waals surface area contributed by atoms with E-state index in [1.165, 1.54) is 0 Å². The van der Waals surface area contributed by atoms with E-state index in [4.69, 9.17) is 9.47 Å². The zero-order valence-corrected chi connectivity index (χ0v) is 15.4. The molecule has 1 N–H and O–H groups in total. The molecule has 0 bridgehead atoms. The van der Waals surface area contributed by atoms with Crippen molar-refractivity contribution in [3.05, 3.63) is 23.3 Å². The van der Waals surface area contributed by atoms with Crippen LogP contribution < -0.4 is 14.8 Å². The summed E-state index contributed by atoms with van der Waals surface area (Å²) in [6.07, 6.45) is 2.17. The zero-order valence-electron chi connectivity index (χ0n) is 14.6. The highest BCUT2D eigenvalue weighted by Crippen LogP contribution is 2.31. The predicted octanol–water partition coefficient (Wildman–Crippen LogP) is 2.51. The molecule has 2 saturated heterocycles. The fourth-order valence-corrected chi connectivity index (χ4v) is 3.81. The third-order valence-electron chi connectivity index (χ3n) is 5.31. The van der Waals surface area contributed by atoms with Gasteiger partial charge in [0.25, 0.3) is 5.91 Å². The Balaban J connectivity index is 0.00000208. The van der Waals surface area contributed by atoms with Crippen molar-refractivity contribution in [3.63, 3.8) is 0 Å². The van der Waals surface area contributed by atoms with Crippen LogP contribution in [0.1, 0.15) is 28.8 Å². The van der Waals surface area contributed by atoms with Crippen molar-refractivity contribution in [2.24, 2.45) is 11.8 Å². The Hall–Kier alpha value is -1.46. The number of hydrogen-bond donors (Lipinski definition) is 1. The summed E-state index contributed by atoms with van der Waals surface area (Å²) in [6.45, 7) is 5.80. The maximum Gasteiger partial charge on any atom is 0.254 e. The van der Waals surface area contributed by atoms with Crippen molar-refractivity contribution in [1.82, 2.24) is 10.2 Å². The predicted molar refractivity (Wildman–Crippen MR) is 96.5 cm³/mol. The Kier molecular flexibility index (Phi) is 6.35. The average molecular weight is 355 g/mol. The smallest absolute Gasteiger partial charge is 0.254 e. The van der Waals surface area contributed by atoms with Crippen LogP contribution in [0.4, 0.5) is 0 Å². The number of carbonyl (C=O) groups excluding carboxylic acids is 1. The molecule has 2 fully saturated rings. The second-order valence-corrected chi connectivity index (χ2v) is 6.55. The van der Waals surface area contributed by atoms with Crippen LogP contribution in [0.15, 0.2) is 12.1 Å². The summed E-state index contributed by atoms with van der Waals surface area (Å²) in [4.78, 5) is 14.9. The van der Waals surface area contributed by atoms with E-state index in [2.05, 4.69) is 5.32 Å². The molecule has 1 aromatic rings. The minimum atomic E-state index is 0. The number of nitrogens with one attached hydrogen (secondary N) is 1. The van der Waals surface area contributed by atoms with Gasteiger partial charge in [0.15, 0.2) is 0 Å². The molecule has 3 rings (SSSR count). The minimum absolute atomic E-state index is 0. The van der Waals surface area contributed by atoms with E-state index in [0.717, 1.165) is 56.4 Å². The molecule has 0 spiro atoms. The lowest BCUT2D eigenvalue weighted by atomic mass is 9.92. The standard InChI is InChI=1S/C18H26N2O3.ClH/c1-12-16(22-2)8-15(9-17(12)23-3)18(21)20-6-4-13-10-19-11-14(13)5-7-20;/h8-9,13-14,19H,4-7,10-11H2,1-3H3;1H/t13-,14+;. The molecule has 2 atom stereocenters. The van der Waals surface area contributed by atoms with Crippen molar-refractivity contribution in [1.29, 1.82) is 0 Å². The van der Waals surface area contributed by atoms with Crippen LogP contribution in [0.2, 0.25) is 0 Å². The van der Waals surface area contributed by atoms with Crippen LogP contribution in [0.25, 0.3) is 0 Å². The van der Waals surface area contributed by atoms with Crippen LogP contribution in [-0.4, -0.2) is 51.2 Å². The molecule has 0 unspecified atom stereocenters. The van der Waals surface area contributed by atoms with E-state index in [0.29, 0.717) is 17.1 Å². The Bertz CT molecular complexity index is 555. The fraction of sp³-hybridized carbons (Fsp3) is 0.611. The van der Waals surface area contributed by atoms with Crippen molar-refractivity contribution >= 4 is 18.3 Å². The van der Waals surface area contributed by atoms with E-state index >= 15 is 0 Å². The molecule has 0 saturated carbocycles. The van der Waals surface area contributed by atoms with Gasteiger partial charge >= 0.3 is 0 Å². The van der Waals surface area contributed by atoms with Gasteiger partial charge < -0.3 is 19.7 Å². The van der Waals surface area contributed by atoms with E-state index in [1.807, 2.05) is 24.0 Å². The van der Waals surface area contributed by atoms with E-state index in [1.54, 1.807) is 14.2 Å². The third-order valence-corrected chi connectivity index (χ3v) is 5.31. The summed E-state index contributed by atoms with van der Waals surface area (Å²) in [6, 6.07) is 3.65. The van der Waals surface area contributed by atoms with Gasteiger partial charge in [-0.2, -0.15) is 0 Å². The lowest BCUT2D eigenvalue weighted by Gasteiger charge is -2.22. The normalized spacial score (nSPS) is 23.0. The minimum Gasteiger partial charge on any atom is -0.496 e. The molecule has 1 aromatic carbocycles. The highest BCUT2D eigenvalue weighted by Gasteiger charge is 2.32. The molecule has 5 nitrogen and oxygen atoms in total. The summed E-state index contributed by atoms with van der Waals surface area (Å²) in [5, 5.41) is 3.47. The zero-order chi connectivity index (χ0) is 16.4. The molecular weight excluding hydrogens is 328 g/mol. The number of likely N-dealkylation sites (tertiary alicyclic amines) is 1. The van der Waals surface area contributed by atoms with Crippen LogP contribution in [-0.2, 0) is 0 Å². The molecule has 0 radical (unpaired) electrons. The molecular formula is C18H27ClN2O3. The largest absolute Gasteiger partial charge is 0.496 e. The van der Waals surface area contributed by atoms with Gasteiger partial charge in [-0.25, -0.2) is 0 Å². The number of nitrogens with zero attached hydrogens (tertiary/aromatic N) is 1. The summed E-state index contributed by atoms with van der Waals surface area (Å²) in [5.74, 6) is 2.91. The third kappa shape index (κ3) is 3.62. The first-order chi connectivity index (χ1) is 11.1. The molecule has 6 heteroatoms. The van der Waals surface area contributed by atoms with Crippen molar-refractivity contribution in [2.75, 3.05) is 40.4 Å². The quantitative estimate of drug-likeness (QED) is 0.906. The number of methoxy groups -OCH3 is 2. The summed E-state index contributed by atoms with van der Waals surface area (Å²) >= 11 is 0. The van der Waals surface area contributed by atoms with Gasteiger partial charge in [0, 0.05) is 24.2 Å². The molecule has 24 heavy (non-hydrogen) atoms. The summed E-state index contributed by atoms with van der Waals surface area (Å²) in [5.41, 5.74) is 1.57. The first-order valence-electron chi connectivity index (χ1n) is 8.36. The van der Waals surface area contributed by atoms with Gasteiger partial charge in [-0.15, -0.1) is 12.4 Å². The average Bonchev–Trinajstić information content (AvgIpc) is 2.93. The number of carbonyl (C=O) groups is 1. The molecule has 0 aromatic heterocycles. The lowest BCUT2D eigenvalue weighted by molar-refractivity contribution is 0.0757. The van der Waals surface area contributed by atoms with Gasteiger partial charge in [0.05, 0.1) is 14.2 Å². The van der Waals surface area contributed by atoms with E-state index in [9.17, 15) is 4.79 Å². The Morgan fingerprint density at radius 2 is 1.58 bits per heavy atom. The first-order valence-corrected chi connectivity index (χ1v) is 8.36. The van der Waals surface area contributed by atoms with E-state index in [-0.39, 0.29) is 18.3 Å². The number of amides is 1. The van der Waals surface area contributed by atoms with Gasteiger partial charge in [0.2, 0.25) is 0 Å². The maximum absolute atomic E-state index is 12.9. The summed E-state index contributed by atoms with van der Waals surface area (Å²) in [7, 11) is 3.24. The molecule has 2 heterocycles. The molecule has 2 aliphatic rings. The van der Waals surface area contributed by atoms with Crippen molar-refractivity contribution in [2.45, 2.75) is 19.8 Å². The number of benzene rings is 1. The van der Waals surface area contributed by atoms with Crippen molar-refractivity contribution in [3.8, 4) is 11.5 Å². The SMILES string of the molecule is COc1cc(C(=O)N2CC[C@@H]3CNC[C@@H]3CC2)cc(OC)c1C.Cl. The van der Waals surface area contributed by atoms with Crippen LogP contribution in [0.3, 0.4) is 0 Å². The lowest BCUT2D eigenvalue weighted by Crippen LogP contribution is -2.32. The second kappa shape index (κ2) is 8.08. The second-order valence-electron chi connectivity index (χ2n) is 6.55. The molecule has 0 aliphatic carbocycles. The van der Waals surface area contributed by atoms with Crippen LogP contribution in [0, 0.1) is 18.8 Å². The number of hydrogen-bond acceptors (Lipinski definition) is 4. The maximum atomic E-state index is 12.9. The Labute approximate surface area is 150 Å². The fourth-order valence-electron chi connectivity index (χ4n) is 3.81. The number of fused-ring (bicyclic) bond motifs is 1. The first kappa shape index (κ1) is 18.9. The van der Waals surface area contributed by atoms with Gasteiger partial charge in [0.1, 0.15) is 11.5 Å². The number of halogens is 1. The number of ether oxygens (including phenoxy) is 2. The van der Waals surface area contributed by atoms with E-state index < -0.39 is 0 Å². The van der Waals surface area contributed by atoms with Crippen molar-refractivity contribution < 1.29 is 14.3 Å². The van der Waals surface area contributed by atoms with Gasteiger partial charge in [-0.3, -0.25) is 4.79 Å². The Morgan fingerprint density at radius 1 is 1.08 bits per heavy atom. The monoisotopic (exact) mass is 354 g/mol. The summed E-state index contributed by atoms with van der Waals surface area (Å²) < 4.78 is 10.8. The van der Waals surface area contributed by atoms with Crippen LogP contribution in [0.5, 0.6) is 11.5 Å². The molecule has 134 valence electrons. The van der Waals surface area contributed by atoms with Gasteiger partial charge in [-0.05, 0) is 56.8 Å². The molecule has 1 amide bonds. The van der Waals surface area contributed by atoms with Crippen LogP contribution >= 0.6 is 12.4 Å². The highest BCUT2D eigenvalue weighted by molar-refractivity contribution is 5.95. The molecule has 2 aliphatic heterocycles. The topological polar surface area (TPSA) is 50.8 Å². The highest BCUT2D eigenvalue weighted by atomic mass is 35.5.